The average molecular weight is 504 g/mol. The van der Waals surface area contributed by atoms with Gasteiger partial charge < -0.3 is 29.7 Å². The number of piperazine rings is 1. The summed E-state index contributed by atoms with van der Waals surface area (Å²) in [6, 6.07) is 4.21. The van der Waals surface area contributed by atoms with Crippen molar-refractivity contribution in [2.75, 3.05) is 60.6 Å². The first-order chi connectivity index (χ1) is 17.2. The molecular weight excluding hydrogens is 466 g/mol. The van der Waals surface area contributed by atoms with E-state index in [0.29, 0.717) is 61.1 Å². The fourth-order valence-electron chi connectivity index (χ4n) is 4.34. The van der Waals surface area contributed by atoms with Gasteiger partial charge in [0, 0.05) is 51.5 Å². The number of esters is 1. The molecule has 1 saturated heterocycles. The summed E-state index contributed by atoms with van der Waals surface area (Å²) in [6.07, 6.45) is 0. The van der Waals surface area contributed by atoms with Gasteiger partial charge in [-0.1, -0.05) is 6.07 Å². The molecule has 0 saturated carbocycles. The highest BCUT2D eigenvalue weighted by Crippen LogP contribution is 2.36. The predicted molar refractivity (Wildman–Crippen MR) is 134 cm³/mol. The van der Waals surface area contributed by atoms with Gasteiger partial charge in [-0.25, -0.2) is 14.4 Å². The van der Waals surface area contributed by atoms with Gasteiger partial charge in [-0.15, -0.1) is 0 Å². The van der Waals surface area contributed by atoms with Crippen molar-refractivity contribution in [2.45, 2.75) is 32.9 Å². The maximum atomic E-state index is 13.2. The van der Waals surface area contributed by atoms with E-state index in [9.17, 15) is 14.4 Å². The van der Waals surface area contributed by atoms with Crippen molar-refractivity contribution >= 4 is 18.0 Å². The van der Waals surface area contributed by atoms with Crippen molar-refractivity contribution in [1.82, 2.24) is 25.3 Å². The van der Waals surface area contributed by atoms with Gasteiger partial charge in [0.05, 0.1) is 32.4 Å². The Bertz CT molecular complexity index is 1000. The third-order valence-electron chi connectivity index (χ3n) is 6.26. The van der Waals surface area contributed by atoms with Gasteiger partial charge in [-0.2, -0.15) is 0 Å². The number of urea groups is 2. The van der Waals surface area contributed by atoms with Crippen molar-refractivity contribution in [3.8, 4) is 11.5 Å². The Morgan fingerprint density at radius 2 is 1.78 bits per heavy atom. The predicted octanol–water partition coefficient (Wildman–Crippen LogP) is 1.95. The Morgan fingerprint density at radius 3 is 2.36 bits per heavy atom. The number of rotatable bonds is 8. The summed E-state index contributed by atoms with van der Waals surface area (Å²) < 4.78 is 16.2. The van der Waals surface area contributed by atoms with Crippen molar-refractivity contribution in [3.05, 3.63) is 35.0 Å². The number of carbonyl (C=O) groups excluding carboxylic acids is 3. The van der Waals surface area contributed by atoms with Crippen molar-refractivity contribution < 1.29 is 28.6 Å². The van der Waals surface area contributed by atoms with E-state index in [1.54, 1.807) is 44.2 Å². The van der Waals surface area contributed by atoms with Gasteiger partial charge in [0.15, 0.2) is 11.5 Å². The number of hydrogen-bond acceptors (Lipinski definition) is 7. The lowest BCUT2D eigenvalue weighted by molar-refractivity contribution is -0.139. The van der Waals surface area contributed by atoms with Crippen LogP contribution in [0.25, 0.3) is 0 Å². The number of ether oxygens (including phenoxy) is 3. The first-order valence-electron chi connectivity index (χ1n) is 12.1. The van der Waals surface area contributed by atoms with Crippen LogP contribution < -0.4 is 20.1 Å². The van der Waals surface area contributed by atoms with Crippen molar-refractivity contribution in [2.24, 2.45) is 0 Å². The summed E-state index contributed by atoms with van der Waals surface area (Å²) in [6.45, 7) is 8.49. The summed E-state index contributed by atoms with van der Waals surface area (Å²) in [5.74, 6) is 0.541. The maximum absolute atomic E-state index is 13.2. The highest BCUT2D eigenvalue weighted by atomic mass is 16.5. The van der Waals surface area contributed by atoms with Crippen LogP contribution in [-0.2, 0) is 9.53 Å². The Kier molecular flexibility index (Phi) is 9.03. The number of amides is 4. The standard InChI is InChI=1S/C25H37N5O6/c1-7-36-23(31)21-18(15-29-10-12-30(13-11-29)25(33)26-16(2)3)28(4)24(32)27-22(21)17-8-9-19(34-5)20(14-17)35-6/h8-9,14,16,22H,7,10-13,15H2,1-6H3,(H,26,33)(H,27,32). The summed E-state index contributed by atoms with van der Waals surface area (Å²) in [7, 11) is 4.72. The van der Waals surface area contributed by atoms with E-state index in [2.05, 4.69) is 15.5 Å². The Labute approximate surface area is 212 Å². The molecule has 1 aromatic rings. The van der Waals surface area contributed by atoms with Crippen LogP contribution in [0.15, 0.2) is 29.5 Å². The molecule has 0 radical (unpaired) electrons. The van der Waals surface area contributed by atoms with Crippen LogP contribution in [-0.4, -0.2) is 99.4 Å². The largest absolute Gasteiger partial charge is 0.493 e. The molecular formula is C25H37N5O6. The fourth-order valence-corrected chi connectivity index (χ4v) is 4.34. The summed E-state index contributed by atoms with van der Waals surface area (Å²) >= 11 is 0. The van der Waals surface area contributed by atoms with Crippen LogP contribution in [0.3, 0.4) is 0 Å². The van der Waals surface area contributed by atoms with E-state index in [4.69, 9.17) is 14.2 Å². The molecule has 3 rings (SSSR count). The molecule has 0 bridgehead atoms. The zero-order chi connectivity index (χ0) is 26.4. The number of methoxy groups -OCH3 is 2. The van der Waals surface area contributed by atoms with Crippen LogP contribution in [0.4, 0.5) is 9.59 Å². The molecule has 11 nitrogen and oxygen atoms in total. The molecule has 1 fully saturated rings. The van der Waals surface area contributed by atoms with Gasteiger partial charge in [0.2, 0.25) is 0 Å². The normalized spacial score (nSPS) is 18.8. The highest BCUT2D eigenvalue weighted by molar-refractivity contribution is 5.95. The minimum absolute atomic E-state index is 0.0655. The van der Waals surface area contributed by atoms with Crippen molar-refractivity contribution in [3.63, 3.8) is 0 Å². The number of benzene rings is 1. The SMILES string of the molecule is CCOC(=O)C1=C(CN2CCN(C(=O)NC(C)C)CC2)N(C)C(=O)NC1c1ccc(OC)c(OC)c1. The highest BCUT2D eigenvalue weighted by Gasteiger charge is 2.38. The van der Waals surface area contributed by atoms with Crippen LogP contribution in [0.1, 0.15) is 32.4 Å². The van der Waals surface area contributed by atoms with Gasteiger partial charge >= 0.3 is 18.0 Å². The lowest BCUT2D eigenvalue weighted by Gasteiger charge is -2.39. The molecule has 1 unspecified atom stereocenters. The number of nitrogens with zero attached hydrogens (tertiary/aromatic N) is 3. The van der Waals surface area contributed by atoms with E-state index < -0.39 is 12.0 Å². The minimum Gasteiger partial charge on any atom is -0.493 e. The lowest BCUT2D eigenvalue weighted by atomic mass is 9.94. The smallest absolute Gasteiger partial charge is 0.338 e. The van der Waals surface area contributed by atoms with Gasteiger partial charge in [-0.3, -0.25) is 9.80 Å². The zero-order valence-corrected chi connectivity index (χ0v) is 21.9. The molecule has 2 heterocycles. The molecule has 2 aliphatic rings. The molecule has 0 spiro atoms. The molecule has 0 aromatic heterocycles. The lowest BCUT2D eigenvalue weighted by Crippen LogP contribution is -2.55. The quantitative estimate of drug-likeness (QED) is 0.522. The van der Waals surface area contributed by atoms with E-state index in [0.717, 1.165) is 0 Å². The van der Waals surface area contributed by atoms with E-state index in [-0.39, 0.29) is 24.7 Å². The Balaban J connectivity index is 1.92. The molecule has 36 heavy (non-hydrogen) atoms. The van der Waals surface area contributed by atoms with Gasteiger partial charge in [0.1, 0.15) is 0 Å². The number of carbonyl (C=O) groups is 3. The molecule has 198 valence electrons. The number of nitrogens with one attached hydrogen (secondary N) is 2. The molecule has 2 aliphatic heterocycles. The zero-order valence-electron chi connectivity index (χ0n) is 21.9. The Morgan fingerprint density at radius 1 is 1.11 bits per heavy atom. The summed E-state index contributed by atoms with van der Waals surface area (Å²) in [5, 5.41) is 5.84. The van der Waals surface area contributed by atoms with Gasteiger partial charge in [-0.05, 0) is 38.5 Å². The molecule has 0 aliphatic carbocycles. The van der Waals surface area contributed by atoms with E-state index in [1.165, 1.54) is 12.0 Å². The van der Waals surface area contributed by atoms with E-state index >= 15 is 0 Å². The molecule has 1 atom stereocenters. The third kappa shape index (κ3) is 6.01. The monoisotopic (exact) mass is 503 g/mol. The first-order valence-corrected chi connectivity index (χ1v) is 12.1. The maximum Gasteiger partial charge on any atom is 0.338 e. The third-order valence-corrected chi connectivity index (χ3v) is 6.26. The van der Waals surface area contributed by atoms with Gasteiger partial charge in [0.25, 0.3) is 0 Å². The van der Waals surface area contributed by atoms with Crippen LogP contribution in [0.2, 0.25) is 0 Å². The van der Waals surface area contributed by atoms with Crippen LogP contribution in [0, 0.1) is 0 Å². The first kappa shape index (κ1) is 27.1. The number of hydrogen-bond donors (Lipinski definition) is 2. The number of likely N-dealkylation sites (N-methyl/N-ethyl adjacent to an activating group) is 1. The minimum atomic E-state index is -0.722. The average Bonchev–Trinajstić information content (AvgIpc) is 2.86. The second kappa shape index (κ2) is 12.0. The Hall–Kier alpha value is -3.47. The molecule has 1 aromatic carbocycles. The van der Waals surface area contributed by atoms with E-state index in [1.807, 2.05) is 13.8 Å². The van der Waals surface area contributed by atoms with Crippen LogP contribution in [0.5, 0.6) is 11.5 Å². The van der Waals surface area contributed by atoms with Crippen LogP contribution >= 0.6 is 0 Å². The topological polar surface area (TPSA) is 113 Å². The molecule has 2 N–H and O–H groups in total. The fraction of sp³-hybridized carbons (Fsp3) is 0.560. The van der Waals surface area contributed by atoms with Crippen molar-refractivity contribution in [1.29, 1.82) is 0 Å². The second-order valence-electron chi connectivity index (χ2n) is 9.00. The summed E-state index contributed by atoms with van der Waals surface area (Å²) in [4.78, 5) is 43.9. The molecule has 4 amide bonds. The molecule has 11 heteroatoms. The second-order valence-corrected chi connectivity index (χ2v) is 9.00. The summed E-state index contributed by atoms with van der Waals surface area (Å²) in [5.41, 5.74) is 1.60.